The van der Waals surface area contributed by atoms with Crippen molar-refractivity contribution in [2.24, 2.45) is 5.92 Å². The molecule has 0 radical (unpaired) electrons. The molecule has 1 aromatic heterocycles. The Hall–Kier alpha value is -2.17. The average molecular weight is 311 g/mol. The second kappa shape index (κ2) is 5.80. The molecular formula is C18H21N3O2. The maximum absolute atomic E-state index is 13.1. The van der Waals surface area contributed by atoms with E-state index in [0.717, 1.165) is 19.4 Å². The van der Waals surface area contributed by atoms with Gasteiger partial charge in [0.25, 0.3) is 11.5 Å². The molecule has 5 nitrogen and oxygen atoms in total. The summed E-state index contributed by atoms with van der Waals surface area (Å²) in [5.41, 5.74) is 0.137. The van der Waals surface area contributed by atoms with Gasteiger partial charge in [0.05, 0.1) is 5.39 Å². The summed E-state index contributed by atoms with van der Waals surface area (Å²) in [6, 6.07) is 7.56. The number of nitrogens with one attached hydrogen (secondary N) is 1. The van der Waals surface area contributed by atoms with E-state index in [-0.39, 0.29) is 11.5 Å². The molecule has 1 N–H and O–H groups in total. The van der Waals surface area contributed by atoms with Gasteiger partial charge < -0.3 is 4.90 Å². The zero-order valence-electron chi connectivity index (χ0n) is 13.1. The van der Waals surface area contributed by atoms with Gasteiger partial charge >= 0.3 is 0 Å². The van der Waals surface area contributed by atoms with E-state index in [1.165, 1.54) is 25.7 Å². The molecule has 5 heteroatoms. The predicted octanol–water partition coefficient (Wildman–Crippen LogP) is 2.72. The lowest BCUT2D eigenvalue weighted by atomic mass is 9.78. The van der Waals surface area contributed by atoms with E-state index in [0.29, 0.717) is 28.4 Å². The molecule has 120 valence electrons. The fourth-order valence-electron chi connectivity index (χ4n) is 4.29. The first-order valence-electron chi connectivity index (χ1n) is 8.54. The van der Waals surface area contributed by atoms with Gasteiger partial charge in [0.1, 0.15) is 0 Å². The molecule has 23 heavy (non-hydrogen) atoms. The maximum Gasteiger partial charge on any atom is 0.275 e. The van der Waals surface area contributed by atoms with Crippen molar-refractivity contribution >= 4 is 16.7 Å². The summed E-state index contributed by atoms with van der Waals surface area (Å²) >= 11 is 0. The van der Waals surface area contributed by atoms with Crippen LogP contribution in [0.25, 0.3) is 10.8 Å². The van der Waals surface area contributed by atoms with Crippen LogP contribution in [0.4, 0.5) is 0 Å². The van der Waals surface area contributed by atoms with Crippen LogP contribution in [0, 0.1) is 5.92 Å². The molecule has 1 saturated heterocycles. The summed E-state index contributed by atoms with van der Waals surface area (Å²) in [6.07, 6.45) is 7.10. The molecular weight excluding hydrogens is 290 g/mol. The number of fused-ring (bicyclic) bond motifs is 2. The molecule has 4 rings (SSSR count). The molecule has 1 aliphatic carbocycles. The molecule has 2 aliphatic rings. The first-order chi connectivity index (χ1) is 11.3. The van der Waals surface area contributed by atoms with Crippen molar-refractivity contribution in [1.82, 2.24) is 15.1 Å². The third-order valence-electron chi connectivity index (χ3n) is 5.40. The lowest BCUT2D eigenvalue weighted by molar-refractivity contribution is 0.0386. The van der Waals surface area contributed by atoms with Crippen molar-refractivity contribution in [1.29, 1.82) is 0 Å². The smallest absolute Gasteiger partial charge is 0.275 e. The van der Waals surface area contributed by atoms with Gasteiger partial charge in [-0.3, -0.25) is 9.59 Å². The van der Waals surface area contributed by atoms with Gasteiger partial charge in [-0.2, -0.15) is 5.10 Å². The number of aromatic nitrogens is 2. The summed E-state index contributed by atoms with van der Waals surface area (Å²) < 4.78 is 0. The van der Waals surface area contributed by atoms with Crippen LogP contribution in [0.15, 0.2) is 29.1 Å². The Morgan fingerprint density at radius 1 is 1.09 bits per heavy atom. The highest BCUT2D eigenvalue weighted by Crippen LogP contribution is 2.36. The van der Waals surface area contributed by atoms with Crippen LogP contribution in [0.5, 0.6) is 0 Å². The zero-order valence-corrected chi connectivity index (χ0v) is 13.1. The third kappa shape index (κ3) is 2.44. The van der Waals surface area contributed by atoms with Crippen molar-refractivity contribution < 1.29 is 4.79 Å². The molecule has 1 aromatic carbocycles. The highest BCUT2D eigenvalue weighted by molar-refractivity contribution is 6.04. The number of carbonyl (C=O) groups excluding carboxylic acids is 1. The Kier molecular flexibility index (Phi) is 3.63. The van der Waals surface area contributed by atoms with Gasteiger partial charge in [-0.25, -0.2) is 5.10 Å². The number of nitrogens with zero attached hydrogens (tertiary/aromatic N) is 2. The van der Waals surface area contributed by atoms with Crippen molar-refractivity contribution in [2.75, 3.05) is 6.54 Å². The standard InChI is InChI=1S/C18H21N3O2/c22-17-14-9-3-2-8-13(14)16(19-20-17)18(23)21-11-5-7-12-6-1-4-10-15(12)21/h2-3,8-9,12,15H,1,4-7,10-11H2,(H,20,22)/t12-,15-/m1/s1. The average Bonchev–Trinajstić information content (AvgIpc) is 2.61. The second-order valence-corrected chi connectivity index (χ2v) is 6.70. The number of hydrogen-bond donors (Lipinski definition) is 1. The molecule has 2 heterocycles. The highest BCUT2D eigenvalue weighted by atomic mass is 16.2. The number of piperidine rings is 1. The quantitative estimate of drug-likeness (QED) is 0.880. The van der Waals surface area contributed by atoms with Crippen LogP contribution >= 0.6 is 0 Å². The van der Waals surface area contributed by atoms with Crippen LogP contribution in [-0.4, -0.2) is 33.6 Å². The first kappa shape index (κ1) is 14.4. The number of likely N-dealkylation sites (tertiary alicyclic amines) is 1. The number of aromatic amines is 1. The zero-order chi connectivity index (χ0) is 15.8. The van der Waals surface area contributed by atoms with Crippen molar-refractivity contribution in [3.8, 4) is 0 Å². The summed E-state index contributed by atoms with van der Waals surface area (Å²) in [6.45, 7) is 0.801. The summed E-state index contributed by atoms with van der Waals surface area (Å²) in [7, 11) is 0. The fraction of sp³-hybridized carbons (Fsp3) is 0.500. The van der Waals surface area contributed by atoms with Gasteiger partial charge in [-0.05, 0) is 37.7 Å². The van der Waals surface area contributed by atoms with Gasteiger partial charge in [0.15, 0.2) is 5.69 Å². The van der Waals surface area contributed by atoms with Gasteiger partial charge in [0, 0.05) is 18.0 Å². The lowest BCUT2D eigenvalue weighted by Crippen LogP contribution is -2.50. The number of benzene rings is 1. The van der Waals surface area contributed by atoms with Gasteiger partial charge in [-0.15, -0.1) is 0 Å². The summed E-state index contributed by atoms with van der Waals surface area (Å²) in [4.78, 5) is 27.1. The summed E-state index contributed by atoms with van der Waals surface area (Å²) in [5, 5.41) is 7.75. The van der Waals surface area contributed by atoms with Crippen molar-refractivity contribution in [3.63, 3.8) is 0 Å². The number of hydrogen-bond acceptors (Lipinski definition) is 3. The Morgan fingerprint density at radius 2 is 1.83 bits per heavy atom. The van der Waals surface area contributed by atoms with E-state index in [2.05, 4.69) is 10.2 Å². The Labute approximate surface area is 134 Å². The van der Waals surface area contributed by atoms with Gasteiger partial charge in [-0.1, -0.05) is 31.0 Å². The number of H-pyrrole nitrogens is 1. The van der Waals surface area contributed by atoms with E-state index < -0.39 is 0 Å². The molecule has 2 atom stereocenters. The van der Waals surface area contributed by atoms with Gasteiger partial charge in [0.2, 0.25) is 0 Å². The minimum atomic E-state index is -0.244. The summed E-state index contributed by atoms with van der Waals surface area (Å²) in [5.74, 6) is 0.601. The number of amides is 1. The minimum Gasteiger partial charge on any atom is -0.334 e. The van der Waals surface area contributed by atoms with E-state index >= 15 is 0 Å². The monoisotopic (exact) mass is 311 g/mol. The van der Waals surface area contributed by atoms with E-state index in [4.69, 9.17) is 0 Å². The lowest BCUT2D eigenvalue weighted by Gasteiger charge is -2.44. The van der Waals surface area contributed by atoms with Crippen molar-refractivity contribution in [3.05, 3.63) is 40.3 Å². The van der Waals surface area contributed by atoms with Crippen LogP contribution in [0.3, 0.4) is 0 Å². The topological polar surface area (TPSA) is 66.1 Å². The van der Waals surface area contributed by atoms with Crippen LogP contribution in [0.1, 0.15) is 49.0 Å². The first-order valence-corrected chi connectivity index (χ1v) is 8.54. The molecule has 1 saturated carbocycles. The molecule has 2 fully saturated rings. The fourth-order valence-corrected chi connectivity index (χ4v) is 4.29. The van der Waals surface area contributed by atoms with Crippen molar-refractivity contribution in [2.45, 2.75) is 44.6 Å². The van der Waals surface area contributed by atoms with E-state index in [1.54, 1.807) is 6.07 Å². The Bertz CT molecular complexity index is 796. The maximum atomic E-state index is 13.1. The second-order valence-electron chi connectivity index (χ2n) is 6.70. The van der Waals surface area contributed by atoms with E-state index in [1.807, 2.05) is 23.1 Å². The molecule has 0 unspecified atom stereocenters. The molecule has 0 bridgehead atoms. The molecule has 1 amide bonds. The van der Waals surface area contributed by atoms with Crippen LogP contribution in [0.2, 0.25) is 0 Å². The predicted molar refractivity (Wildman–Crippen MR) is 88.4 cm³/mol. The van der Waals surface area contributed by atoms with Crippen LogP contribution < -0.4 is 5.56 Å². The molecule has 0 spiro atoms. The minimum absolute atomic E-state index is 0.0333. The largest absolute Gasteiger partial charge is 0.334 e. The molecule has 2 aromatic rings. The molecule has 1 aliphatic heterocycles. The number of rotatable bonds is 1. The normalized spacial score (nSPS) is 24.4. The van der Waals surface area contributed by atoms with Crippen LogP contribution in [-0.2, 0) is 0 Å². The third-order valence-corrected chi connectivity index (χ3v) is 5.40. The highest BCUT2D eigenvalue weighted by Gasteiger charge is 2.36. The SMILES string of the molecule is O=C(c1n[nH]c(=O)c2ccccc12)N1CCC[C@H]2CCCC[C@H]21. The number of carbonyl (C=O) groups is 1. The Morgan fingerprint density at radius 3 is 2.70 bits per heavy atom. The Balaban J connectivity index is 1.74. The van der Waals surface area contributed by atoms with E-state index in [9.17, 15) is 9.59 Å².